The Balaban J connectivity index is 1.82. The number of fused-ring (bicyclic) bond motifs is 1. The summed E-state index contributed by atoms with van der Waals surface area (Å²) >= 11 is 0.250. The number of sulfonamides is 1. The van der Waals surface area contributed by atoms with Crippen molar-refractivity contribution in [3.05, 3.63) is 47.5 Å². The average Bonchev–Trinajstić information content (AvgIpc) is 3.07. The number of thiocyanates is 1. The fraction of sp³-hybridized carbons (Fsp3) is 0.188. The zero-order chi connectivity index (χ0) is 19.7. The number of alkyl halides is 3. The maximum atomic E-state index is 13.0. The molecule has 3 rings (SSSR count). The normalized spacial score (nSPS) is 13.4. The number of rotatable bonds is 5. The number of hydrogen-bond donors (Lipinski definition) is 1. The van der Waals surface area contributed by atoms with E-state index >= 15 is 0 Å². The fourth-order valence-electron chi connectivity index (χ4n) is 2.35. The summed E-state index contributed by atoms with van der Waals surface area (Å²) < 4.78 is 76.4. The highest BCUT2D eigenvalue weighted by Crippen LogP contribution is 2.37. The summed E-state index contributed by atoms with van der Waals surface area (Å²) in [7, 11) is -4.09. The van der Waals surface area contributed by atoms with Crippen molar-refractivity contribution in [3.8, 4) is 16.9 Å². The molecule has 0 fully saturated rings. The second kappa shape index (κ2) is 7.30. The van der Waals surface area contributed by atoms with Crippen molar-refractivity contribution < 1.29 is 31.1 Å². The molecule has 0 saturated carbocycles. The fourth-order valence-corrected chi connectivity index (χ4v) is 4.05. The van der Waals surface area contributed by atoms with Crippen LogP contribution in [0.25, 0.3) is 0 Å². The monoisotopic (exact) mass is 416 g/mol. The van der Waals surface area contributed by atoms with Crippen molar-refractivity contribution in [2.45, 2.75) is 22.5 Å². The van der Waals surface area contributed by atoms with Crippen molar-refractivity contribution in [1.82, 2.24) is 4.72 Å². The smallest absolute Gasteiger partial charge is 0.417 e. The molecule has 0 aromatic heterocycles. The van der Waals surface area contributed by atoms with Crippen LogP contribution < -0.4 is 14.2 Å². The Morgan fingerprint density at radius 1 is 1.15 bits per heavy atom. The van der Waals surface area contributed by atoms with Crippen LogP contribution in [0.4, 0.5) is 13.2 Å². The predicted molar refractivity (Wildman–Crippen MR) is 89.5 cm³/mol. The molecule has 142 valence electrons. The Labute approximate surface area is 156 Å². The van der Waals surface area contributed by atoms with E-state index in [1.54, 1.807) is 18.2 Å². The molecule has 1 heterocycles. The van der Waals surface area contributed by atoms with E-state index in [0.29, 0.717) is 23.1 Å². The van der Waals surface area contributed by atoms with Gasteiger partial charge in [-0.3, -0.25) is 0 Å². The van der Waals surface area contributed by atoms with E-state index in [9.17, 15) is 21.6 Å². The molecule has 2 aromatic carbocycles. The number of halogens is 3. The molecule has 0 saturated heterocycles. The van der Waals surface area contributed by atoms with Gasteiger partial charge >= 0.3 is 6.18 Å². The molecule has 0 amide bonds. The third-order valence-corrected chi connectivity index (χ3v) is 5.68. The first kappa shape index (κ1) is 19.3. The molecule has 2 aromatic rings. The molecule has 0 radical (unpaired) electrons. The lowest BCUT2D eigenvalue weighted by atomic mass is 10.2. The summed E-state index contributed by atoms with van der Waals surface area (Å²) in [6, 6.07) is 7.21. The van der Waals surface area contributed by atoms with Gasteiger partial charge in [0.1, 0.15) is 5.40 Å². The van der Waals surface area contributed by atoms with E-state index < -0.39 is 26.7 Å². The predicted octanol–water partition coefficient (Wildman–Crippen LogP) is 3.49. The minimum atomic E-state index is -4.69. The Morgan fingerprint density at radius 3 is 2.59 bits per heavy atom. The van der Waals surface area contributed by atoms with Gasteiger partial charge in [0.25, 0.3) is 0 Å². The molecule has 0 atom stereocenters. The van der Waals surface area contributed by atoms with E-state index in [4.69, 9.17) is 14.7 Å². The lowest BCUT2D eigenvalue weighted by Gasteiger charge is -2.13. The Bertz CT molecular complexity index is 1020. The highest BCUT2D eigenvalue weighted by molar-refractivity contribution is 8.03. The van der Waals surface area contributed by atoms with Gasteiger partial charge in [-0.15, -0.1) is 0 Å². The number of nitrogens with zero attached hydrogens (tertiary/aromatic N) is 1. The summed E-state index contributed by atoms with van der Waals surface area (Å²) in [5.74, 6) is 1.02. The van der Waals surface area contributed by atoms with Gasteiger partial charge in [-0.25, -0.2) is 13.1 Å². The van der Waals surface area contributed by atoms with E-state index in [1.165, 1.54) is 5.40 Å². The van der Waals surface area contributed by atoms with Gasteiger partial charge in [0.15, 0.2) is 11.5 Å². The number of nitriles is 1. The van der Waals surface area contributed by atoms with Gasteiger partial charge in [-0.05, 0) is 47.7 Å². The largest absolute Gasteiger partial charge is 0.454 e. The van der Waals surface area contributed by atoms with Crippen LogP contribution >= 0.6 is 11.8 Å². The van der Waals surface area contributed by atoms with Crippen LogP contribution in [0.15, 0.2) is 46.2 Å². The van der Waals surface area contributed by atoms with Gasteiger partial charge in [0, 0.05) is 11.4 Å². The van der Waals surface area contributed by atoms with Gasteiger partial charge in [0.2, 0.25) is 16.8 Å². The number of benzene rings is 2. The zero-order valence-corrected chi connectivity index (χ0v) is 15.0. The molecule has 0 spiro atoms. The lowest BCUT2D eigenvalue weighted by molar-refractivity contribution is -0.139. The zero-order valence-electron chi connectivity index (χ0n) is 13.4. The summed E-state index contributed by atoms with van der Waals surface area (Å²) in [5, 5.41) is 10.2. The topological polar surface area (TPSA) is 88.4 Å². The number of ether oxygens (including phenoxy) is 2. The van der Waals surface area contributed by atoms with Crippen molar-refractivity contribution in [2.75, 3.05) is 6.79 Å². The van der Waals surface area contributed by atoms with E-state index in [1.807, 2.05) is 0 Å². The second-order valence-corrected chi connectivity index (χ2v) is 7.95. The number of nitrogens with one attached hydrogen (secondary N) is 1. The molecule has 27 heavy (non-hydrogen) atoms. The highest BCUT2D eigenvalue weighted by atomic mass is 32.2. The number of hydrogen-bond acceptors (Lipinski definition) is 6. The lowest BCUT2D eigenvalue weighted by Crippen LogP contribution is -2.23. The molecular formula is C16H11F3N2O4S2. The molecule has 11 heteroatoms. The van der Waals surface area contributed by atoms with Crippen molar-refractivity contribution in [2.24, 2.45) is 0 Å². The molecule has 0 unspecified atom stereocenters. The molecule has 0 bridgehead atoms. The third kappa shape index (κ3) is 4.29. The van der Waals surface area contributed by atoms with Crippen LogP contribution in [0.1, 0.15) is 11.1 Å². The van der Waals surface area contributed by atoms with Gasteiger partial charge in [-0.1, -0.05) is 6.07 Å². The summed E-state index contributed by atoms with van der Waals surface area (Å²) in [4.78, 5) is -0.843. The molecule has 1 aliphatic heterocycles. The van der Waals surface area contributed by atoms with E-state index in [0.717, 1.165) is 12.1 Å². The second-order valence-electron chi connectivity index (χ2n) is 5.36. The maximum absolute atomic E-state index is 13.0. The quantitative estimate of drug-likeness (QED) is 0.593. The summed E-state index contributed by atoms with van der Waals surface area (Å²) in [6.07, 6.45) is -4.69. The first-order chi connectivity index (χ1) is 12.7. The summed E-state index contributed by atoms with van der Waals surface area (Å²) in [6.45, 7) is -0.0177. The van der Waals surface area contributed by atoms with Crippen LogP contribution in [-0.2, 0) is 22.7 Å². The standard InChI is InChI=1S/C16H11F3N2O4S2/c17-16(18,19)12-3-2-11(6-15(12)26-8-20)27(22,23)21-7-10-1-4-13-14(5-10)25-9-24-13/h1-6,21H,7,9H2. The maximum Gasteiger partial charge on any atom is 0.417 e. The van der Waals surface area contributed by atoms with Gasteiger partial charge in [-0.2, -0.15) is 18.4 Å². The van der Waals surface area contributed by atoms with E-state index in [-0.39, 0.29) is 30.0 Å². The Kier molecular flexibility index (Phi) is 5.23. The molecular weight excluding hydrogens is 405 g/mol. The van der Waals surface area contributed by atoms with Gasteiger partial charge < -0.3 is 9.47 Å². The Hall–Kier alpha value is -2.42. The van der Waals surface area contributed by atoms with Crippen LogP contribution in [-0.4, -0.2) is 15.2 Å². The van der Waals surface area contributed by atoms with Crippen molar-refractivity contribution in [3.63, 3.8) is 0 Å². The van der Waals surface area contributed by atoms with E-state index in [2.05, 4.69) is 4.72 Å². The summed E-state index contributed by atoms with van der Waals surface area (Å²) in [5.41, 5.74) is -0.481. The minimum Gasteiger partial charge on any atom is -0.454 e. The van der Waals surface area contributed by atoms with Crippen molar-refractivity contribution >= 4 is 21.8 Å². The van der Waals surface area contributed by atoms with Crippen molar-refractivity contribution in [1.29, 1.82) is 5.26 Å². The van der Waals surface area contributed by atoms with Crippen LogP contribution in [0.3, 0.4) is 0 Å². The number of thioether (sulfide) groups is 1. The SMILES string of the molecule is N#CSc1cc(S(=O)(=O)NCc2ccc3c(c2)OCO3)ccc1C(F)(F)F. The first-order valence-electron chi connectivity index (χ1n) is 7.36. The molecule has 1 N–H and O–H groups in total. The highest BCUT2D eigenvalue weighted by Gasteiger charge is 2.34. The van der Waals surface area contributed by atoms with Crippen LogP contribution in [0.2, 0.25) is 0 Å². The minimum absolute atomic E-state index is 0.0788. The molecule has 0 aliphatic carbocycles. The third-order valence-electron chi connectivity index (χ3n) is 3.63. The molecule has 6 nitrogen and oxygen atoms in total. The van der Waals surface area contributed by atoms with Crippen LogP contribution in [0, 0.1) is 10.7 Å². The van der Waals surface area contributed by atoms with Crippen LogP contribution in [0.5, 0.6) is 11.5 Å². The molecule has 1 aliphatic rings. The first-order valence-corrected chi connectivity index (χ1v) is 9.66. The Morgan fingerprint density at radius 2 is 1.89 bits per heavy atom. The average molecular weight is 416 g/mol. The van der Waals surface area contributed by atoms with Gasteiger partial charge in [0.05, 0.1) is 10.5 Å².